The Labute approximate surface area is 245 Å². The molecule has 2 fully saturated rings. The average Bonchev–Trinajstić information content (AvgIpc) is 2.91. The molecule has 0 radical (unpaired) electrons. The number of likely N-dealkylation sites (tertiary alicyclic amines) is 1. The Bertz CT molecular complexity index is 1420. The Balaban J connectivity index is 1.40. The number of thioether (sulfide) groups is 1. The van der Waals surface area contributed by atoms with Gasteiger partial charge in [-0.05, 0) is 67.5 Å². The zero-order valence-corrected chi connectivity index (χ0v) is 24.3. The van der Waals surface area contributed by atoms with Crippen LogP contribution in [0.4, 0.5) is 23.7 Å². The maximum atomic E-state index is 13.3. The van der Waals surface area contributed by atoms with Gasteiger partial charge >= 0.3 is 12.2 Å². The zero-order valence-electron chi connectivity index (χ0n) is 22.7. The molecule has 2 aromatic rings. The molecule has 0 aromatic heterocycles. The van der Waals surface area contributed by atoms with Crippen molar-refractivity contribution in [3.63, 3.8) is 0 Å². The van der Waals surface area contributed by atoms with Crippen molar-refractivity contribution in [1.29, 1.82) is 0 Å². The molecule has 0 unspecified atom stereocenters. The number of halogens is 3. The molecule has 2 aliphatic heterocycles. The standard InChI is InChI=1S/C27H31F3N4O6S2/c1-41-19-4-6-20(7-5-19)42(38,39)16-17-9-12-40-15-23(17)32-24(35)14-31-25(36)21-13-18(27(28,29)30)3-8-22(21)33-26(37)34-10-2-11-34/h3-8,13,17,23H,2,9-12,14-16H2,1H3,(H,31,36)(H,32,35)(H,33,37)/t17-,23-/m0/s1. The highest BCUT2D eigenvalue weighted by Gasteiger charge is 2.34. The van der Waals surface area contributed by atoms with E-state index in [-0.39, 0.29) is 22.9 Å². The molecular formula is C27H31F3N4O6S2. The van der Waals surface area contributed by atoms with Gasteiger partial charge in [-0.1, -0.05) is 0 Å². The van der Waals surface area contributed by atoms with Gasteiger partial charge in [-0.15, -0.1) is 11.8 Å². The highest BCUT2D eigenvalue weighted by Crippen LogP contribution is 2.32. The number of anilines is 1. The summed E-state index contributed by atoms with van der Waals surface area (Å²) in [4.78, 5) is 40.5. The van der Waals surface area contributed by atoms with Crippen LogP contribution in [-0.2, 0) is 25.5 Å². The average molecular weight is 629 g/mol. The number of benzene rings is 2. The molecule has 0 spiro atoms. The second kappa shape index (κ2) is 13.3. The van der Waals surface area contributed by atoms with Gasteiger partial charge in [0.1, 0.15) is 0 Å². The van der Waals surface area contributed by atoms with E-state index < -0.39 is 63.5 Å². The number of sulfone groups is 1. The Morgan fingerprint density at radius 1 is 1.10 bits per heavy atom. The predicted molar refractivity (Wildman–Crippen MR) is 150 cm³/mol. The largest absolute Gasteiger partial charge is 0.416 e. The van der Waals surface area contributed by atoms with E-state index in [4.69, 9.17) is 4.74 Å². The number of amides is 4. The van der Waals surface area contributed by atoms with Crippen molar-refractivity contribution >= 4 is 45.1 Å². The van der Waals surface area contributed by atoms with Crippen molar-refractivity contribution < 1.29 is 40.7 Å². The summed E-state index contributed by atoms with van der Waals surface area (Å²) in [7, 11) is -3.67. The van der Waals surface area contributed by atoms with Crippen LogP contribution >= 0.6 is 11.8 Å². The summed E-state index contributed by atoms with van der Waals surface area (Å²) in [5.74, 6) is -2.36. The minimum atomic E-state index is -4.74. The molecule has 0 bridgehead atoms. The number of alkyl halides is 3. The number of nitrogens with zero attached hydrogens (tertiary/aromatic N) is 1. The number of carbonyl (C=O) groups excluding carboxylic acids is 3. The third-order valence-electron chi connectivity index (χ3n) is 7.08. The van der Waals surface area contributed by atoms with Crippen LogP contribution in [0.25, 0.3) is 0 Å². The smallest absolute Gasteiger partial charge is 0.379 e. The molecule has 228 valence electrons. The first kappa shape index (κ1) is 31.6. The molecule has 2 atom stereocenters. The van der Waals surface area contributed by atoms with Gasteiger partial charge in [-0.2, -0.15) is 13.2 Å². The van der Waals surface area contributed by atoms with Crippen molar-refractivity contribution in [2.75, 3.05) is 50.2 Å². The second-order valence-corrected chi connectivity index (χ2v) is 12.9. The molecule has 2 aromatic carbocycles. The molecular weight excluding hydrogens is 597 g/mol. The van der Waals surface area contributed by atoms with Crippen LogP contribution in [0.5, 0.6) is 0 Å². The van der Waals surface area contributed by atoms with Crippen LogP contribution in [0, 0.1) is 5.92 Å². The summed E-state index contributed by atoms with van der Waals surface area (Å²) in [5, 5.41) is 7.43. The summed E-state index contributed by atoms with van der Waals surface area (Å²) < 4.78 is 71.6. The second-order valence-electron chi connectivity index (χ2n) is 9.97. The summed E-state index contributed by atoms with van der Waals surface area (Å²) in [6.07, 6.45) is -1.68. The molecule has 2 aliphatic rings. The molecule has 10 nitrogen and oxygen atoms in total. The van der Waals surface area contributed by atoms with Gasteiger partial charge in [-0.3, -0.25) is 9.59 Å². The topological polar surface area (TPSA) is 134 Å². The molecule has 2 heterocycles. The van der Waals surface area contributed by atoms with E-state index in [1.807, 2.05) is 6.26 Å². The Morgan fingerprint density at radius 3 is 2.43 bits per heavy atom. The van der Waals surface area contributed by atoms with E-state index in [1.165, 1.54) is 28.8 Å². The number of carbonyl (C=O) groups is 3. The zero-order chi connectivity index (χ0) is 30.5. The summed E-state index contributed by atoms with van der Waals surface area (Å²) in [6, 6.07) is 7.66. The van der Waals surface area contributed by atoms with Crippen molar-refractivity contribution in [3.05, 3.63) is 53.6 Å². The molecule has 42 heavy (non-hydrogen) atoms. The molecule has 0 aliphatic carbocycles. The molecule has 4 rings (SSSR count). The van der Waals surface area contributed by atoms with Gasteiger partial charge in [0.2, 0.25) is 5.91 Å². The minimum absolute atomic E-state index is 0.0611. The molecule has 0 saturated carbocycles. The Morgan fingerprint density at radius 2 is 1.81 bits per heavy atom. The third kappa shape index (κ3) is 7.95. The SMILES string of the molecule is CSc1ccc(S(=O)(=O)C[C@@H]2CCOC[C@@H]2NC(=O)CNC(=O)c2cc(C(F)(F)F)ccc2NC(=O)N2CCC2)cc1. The van der Waals surface area contributed by atoms with Gasteiger partial charge in [0, 0.05) is 24.6 Å². The predicted octanol–water partition coefficient (Wildman–Crippen LogP) is 3.39. The van der Waals surface area contributed by atoms with E-state index in [9.17, 15) is 36.0 Å². The van der Waals surface area contributed by atoms with Gasteiger partial charge in [-0.25, -0.2) is 13.2 Å². The fraction of sp³-hybridized carbons (Fsp3) is 0.444. The lowest BCUT2D eigenvalue weighted by molar-refractivity contribution is -0.137. The number of hydrogen-bond acceptors (Lipinski definition) is 7. The van der Waals surface area contributed by atoms with Crippen LogP contribution in [0.1, 0.15) is 28.8 Å². The van der Waals surface area contributed by atoms with Crippen LogP contribution in [0.2, 0.25) is 0 Å². The Kier molecular flexibility index (Phi) is 10.0. The highest BCUT2D eigenvalue weighted by molar-refractivity contribution is 7.98. The molecule has 4 amide bonds. The third-order valence-corrected chi connectivity index (χ3v) is 9.68. The number of urea groups is 1. The van der Waals surface area contributed by atoms with E-state index in [0.29, 0.717) is 32.2 Å². The summed E-state index contributed by atoms with van der Waals surface area (Å²) >= 11 is 1.49. The number of nitrogens with one attached hydrogen (secondary N) is 3. The van der Waals surface area contributed by atoms with Crippen molar-refractivity contribution in [2.24, 2.45) is 5.92 Å². The summed E-state index contributed by atoms with van der Waals surface area (Å²) in [5.41, 5.74) is -1.68. The van der Waals surface area contributed by atoms with Crippen molar-refractivity contribution in [3.8, 4) is 0 Å². The first-order valence-electron chi connectivity index (χ1n) is 13.2. The van der Waals surface area contributed by atoms with Crippen LogP contribution < -0.4 is 16.0 Å². The van der Waals surface area contributed by atoms with Crippen LogP contribution in [-0.4, -0.2) is 82.1 Å². The lowest BCUT2D eigenvalue weighted by Gasteiger charge is -2.32. The fourth-order valence-electron chi connectivity index (χ4n) is 4.55. The minimum Gasteiger partial charge on any atom is -0.379 e. The first-order valence-corrected chi connectivity index (χ1v) is 16.0. The van der Waals surface area contributed by atoms with Gasteiger partial charge in [0.05, 0.1) is 46.7 Å². The highest BCUT2D eigenvalue weighted by atomic mass is 32.2. The van der Waals surface area contributed by atoms with E-state index in [1.54, 1.807) is 12.1 Å². The molecule has 15 heteroatoms. The maximum absolute atomic E-state index is 13.3. The lowest BCUT2D eigenvalue weighted by atomic mass is 9.97. The van der Waals surface area contributed by atoms with Gasteiger partial charge in [0.25, 0.3) is 5.91 Å². The number of rotatable bonds is 9. The maximum Gasteiger partial charge on any atom is 0.416 e. The normalized spacial score (nSPS) is 19.0. The number of hydrogen-bond donors (Lipinski definition) is 3. The van der Waals surface area contributed by atoms with E-state index in [2.05, 4.69) is 16.0 Å². The molecule has 3 N–H and O–H groups in total. The quantitative estimate of drug-likeness (QED) is 0.363. The van der Waals surface area contributed by atoms with E-state index in [0.717, 1.165) is 23.4 Å². The fourth-order valence-corrected chi connectivity index (χ4v) is 6.66. The van der Waals surface area contributed by atoms with Crippen LogP contribution in [0.3, 0.4) is 0 Å². The molecule has 2 saturated heterocycles. The Hall–Kier alpha value is -3.30. The van der Waals surface area contributed by atoms with Crippen molar-refractivity contribution in [1.82, 2.24) is 15.5 Å². The summed E-state index contributed by atoms with van der Waals surface area (Å²) in [6.45, 7) is 0.764. The van der Waals surface area contributed by atoms with Crippen LogP contribution in [0.15, 0.2) is 52.3 Å². The van der Waals surface area contributed by atoms with E-state index >= 15 is 0 Å². The monoisotopic (exact) mass is 628 g/mol. The first-order chi connectivity index (χ1) is 19.9. The lowest BCUT2D eigenvalue weighted by Crippen LogP contribution is -2.51. The van der Waals surface area contributed by atoms with Gasteiger partial charge < -0.3 is 25.6 Å². The van der Waals surface area contributed by atoms with Crippen molar-refractivity contribution in [2.45, 2.75) is 34.9 Å². The number of ether oxygens (including phenoxy) is 1. The van der Waals surface area contributed by atoms with Gasteiger partial charge in [0.15, 0.2) is 9.84 Å².